The van der Waals surface area contributed by atoms with Crippen LogP contribution in [0.25, 0.3) is 27.6 Å². The van der Waals surface area contributed by atoms with E-state index in [1.165, 1.54) is 4.90 Å². The second-order valence-electron chi connectivity index (χ2n) is 8.88. The van der Waals surface area contributed by atoms with Gasteiger partial charge in [-0.3, -0.25) is 14.5 Å². The molecule has 0 N–H and O–H groups in total. The molecule has 4 nitrogen and oxygen atoms in total. The smallest absolute Gasteiger partial charge is 0.293 e. The van der Waals surface area contributed by atoms with Crippen molar-refractivity contribution in [3.63, 3.8) is 0 Å². The molecule has 180 valence electrons. The molecule has 1 aliphatic heterocycles. The molecular weight excluding hydrogens is 478 g/mol. The molecule has 5 aromatic carbocycles. The van der Waals surface area contributed by atoms with Gasteiger partial charge >= 0.3 is 0 Å². The van der Waals surface area contributed by atoms with Gasteiger partial charge in [-0.15, -0.1) is 0 Å². The monoisotopic (exact) mass is 501 g/mol. The average Bonchev–Trinajstić information content (AvgIpc) is 3.20. The number of imide groups is 1. The van der Waals surface area contributed by atoms with E-state index in [1.807, 2.05) is 109 Å². The number of benzene rings is 5. The van der Waals surface area contributed by atoms with Gasteiger partial charge in [-0.2, -0.15) is 0 Å². The van der Waals surface area contributed by atoms with Crippen LogP contribution >= 0.6 is 11.8 Å². The van der Waals surface area contributed by atoms with Gasteiger partial charge in [-0.1, -0.05) is 103 Å². The lowest BCUT2D eigenvalue weighted by Gasteiger charge is -2.15. The number of fused-ring (bicyclic) bond motifs is 2. The van der Waals surface area contributed by atoms with Gasteiger partial charge in [0, 0.05) is 5.56 Å². The highest BCUT2D eigenvalue weighted by molar-refractivity contribution is 8.18. The van der Waals surface area contributed by atoms with Gasteiger partial charge in [-0.25, -0.2) is 0 Å². The summed E-state index contributed by atoms with van der Waals surface area (Å²) >= 11 is 0.976. The SMILES string of the molecule is O=C1S/C(=C\c2c(OCc3ccccc3)ccc3ccccc23)C(=O)N1Cc1cccc2ccccc12. The van der Waals surface area contributed by atoms with Crippen LogP contribution in [0.5, 0.6) is 5.75 Å². The fraction of sp³-hybridized carbons (Fsp3) is 0.0625. The molecule has 0 bridgehead atoms. The summed E-state index contributed by atoms with van der Waals surface area (Å²) in [6.07, 6.45) is 1.80. The lowest BCUT2D eigenvalue weighted by Crippen LogP contribution is -2.27. The molecule has 0 aromatic heterocycles. The van der Waals surface area contributed by atoms with E-state index in [9.17, 15) is 9.59 Å². The van der Waals surface area contributed by atoms with Gasteiger partial charge in [0.25, 0.3) is 11.1 Å². The number of nitrogens with zero attached hydrogens (tertiary/aromatic N) is 1. The Labute approximate surface area is 219 Å². The third-order valence-electron chi connectivity index (χ3n) is 6.53. The molecule has 0 atom stereocenters. The van der Waals surface area contributed by atoms with E-state index in [-0.39, 0.29) is 17.7 Å². The second-order valence-corrected chi connectivity index (χ2v) is 9.87. The van der Waals surface area contributed by atoms with Crippen LogP contribution in [0.3, 0.4) is 0 Å². The van der Waals surface area contributed by atoms with Crippen molar-refractivity contribution in [2.24, 2.45) is 0 Å². The van der Waals surface area contributed by atoms with E-state index in [4.69, 9.17) is 4.74 Å². The van der Waals surface area contributed by atoms with Crippen molar-refractivity contribution in [3.8, 4) is 5.75 Å². The summed E-state index contributed by atoms with van der Waals surface area (Å²) in [5, 5.41) is 3.86. The van der Waals surface area contributed by atoms with Crippen molar-refractivity contribution in [1.29, 1.82) is 0 Å². The molecule has 5 aromatic rings. The molecule has 0 saturated carbocycles. The summed E-state index contributed by atoms with van der Waals surface area (Å²) < 4.78 is 6.21. The van der Waals surface area contributed by atoms with Gasteiger partial charge in [0.15, 0.2) is 0 Å². The molecule has 1 fully saturated rings. The van der Waals surface area contributed by atoms with Crippen LogP contribution in [0.15, 0.2) is 114 Å². The predicted octanol–water partition coefficient (Wildman–Crippen LogP) is 7.81. The number of thioether (sulfide) groups is 1. The zero-order valence-corrected chi connectivity index (χ0v) is 20.8. The quantitative estimate of drug-likeness (QED) is 0.223. The fourth-order valence-corrected chi connectivity index (χ4v) is 5.47. The number of rotatable bonds is 6. The predicted molar refractivity (Wildman–Crippen MR) is 150 cm³/mol. The highest BCUT2D eigenvalue weighted by Gasteiger charge is 2.35. The Morgan fingerprint density at radius 3 is 2.19 bits per heavy atom. The van der Waals surface area contributed by atoms with Crippen LogP contribution in [0.2, 0.25) is 0 Å². The van der Waals surface area contributed by atoms with Crippen molar-refractivity contribution in [3.05, 3.63) is 131 Å². The van der Waals surface area contributed by atoms with E-state index < -0.39 is 0 Å². The Morgan fingerprint density at radius 1 is 0.703 bits per heavy atom. The first-order chi connectivity index (χ1) is 18.2. The number of carbonyl (C=O) groups excluding carboxylic acids is 2. The average molecular weight is 502 g/mol. The Bertz CT molecular complexity index is 1670. The fourth-order valence-electron chi connectivity index (χ4n) is 4.65. The maximum absolute atomic E-state index is 13.5. The van der Waals surface area contributed by atoms with Crippen LogP contribution < -0.4 is 4.74 Å². The summed E-state index contributed by atoms with van der Waals surface area (Å²) in [7, 11) is 0. The van der Waals surface area contributed by atoms with Crippen LogP contribution in [-0.4, -0.2) is 16.0 Å². The van der Waals surface area contributed by atoms with Gasteiger partial charge < -0.3 is 4.74 Å². The number of ether oxygens (including phenoxy) is 1. The van der Waals surface area contributed by atoms with Crippen molar-refractivity contribution in [2.75, 3.05) is 0 Å². The molecular formula is C32H23NO3S. The zero-order chi connectivity index (χ0) is 25.2. The van der Waals surface area contributed by atoms with Crippen molar-refractivity contribution in [2.45, 2.75) is 13.2 Å². The third kappa shape index (κ3) is 4.61. The first-order valence-corrected chi connectivity index (χ1v) is 12.9. The molecule has 2 amide bonds. The Morgan fingerprint density at radius 2 is 1.38 bits per heavy atom. The van der Waals surface area contributed by atoms with Crippen LogP contribution in [-0.2, 0) is 17.9 Å². The molecule has 1 heterocycles. The van der Waals surface area contributed by atoms with E-state index in [2.05, 4.69) is 0 Å². The van der Waals surface area contributed by atoms with Gasteiger partial charge in [0.1, 0.15) is 12.4 Å². The number of hydrogen-bond donors (Lipinski definition) is 0. The van der Waals surface area contributed by atoms with Crippen molar-refractivity contribution < 1.29 is 14.3 Å². The lowest BCUT2D eigenvalue weighted by atomic mass is 10.0. The van der Waals surface area contributed by atoms with Crippen LogP contribution in [0.4, 0.5) is 4.79 Å². The molecule has 6 rings (SSSR count). The van der Waals surface area contributed by atoms with Gasteiger partial charge in [0.2, 0.25) is 0 Å². The zero-order valence-electron chi connectivity index (χ0n) is 20.0. The Balaban J connectivity index is 1.34. The van der Waals surface area contributed by atoms with Crippen molar-refractivity contribution >= 4 is 50.5 Å². The van der Waals surface area contributed by atoms with E-state index in [1.54, 1.807) is 6.08 Å². The van der Waals surface area contributed by atoms with Gasteiger partial charge in [0.05, 0.1) is 11.4 Å². The van der Waals surface area contributed by atoms with E-state index in [0.717, 1.165) is 50.0 Å². The largest absolute Gasteiger partial charge is 0.488 e. The summed E-state index contributed by atoms with van der Waals surface area (Å²) in [4.78, 5) is 28.2. The molecule has 1 saturated heterocycles. The standard InChI is InChI=1S/C32H23NO3S/c34-31-30(37-32(35)33(31)20-25-14-8-13-23-11-4-6-15-26(23)25)19-28-27-16-7-5-12-24(27)17-18-29(28)36-21-22-9-2-1-3-10-22/h1-19H,20-21H2/b30-19-. The van der Waals surface area contributed by atoms with Crippen LogP contribution in [0, 0.1) is 0 Å². The lowest BCUT2D eigenvalue weighted by molar-refractivity contribution is -0.123. The summed E-state index contributed by atoms with van der Waals surface area (Å²) in [6.45, 7) is 0.638. The minimum absolute atomic E-state index is 0.232. The maximum atomic E-state index is 13.5. The molecule has 1 aliphatic rings. The molecule has 0 spiro atoms. The normalized spacial score (nSPS) is 14.7. The number of hydrogen-bond acceptors (Lipinski definition) is 4. The van der Waals surface area contributed by atoms with E-state index >= 15 is 0 Å². The van der Waals surface area contributed by atoms with E-state index in [0.29, 0.717) is 17.3 Å². The summed E-state index contributed by atoms with van der Waals surface area (Å²) in [5.41, 5.74) is 2.79. The first kappa shape index (κ1) is 23.1. The molecule has 0 radical (unpaired) electrons. The highest BCUT2D eigenvalue weighted by Crippen LogP contribution is 2.38. The second kappa shape index (κ2) is 9.96. The minimum atomic E-state index is -0.287. The molecule has 0 aliphatic carbocycles. The van der Waals surface area contributed by atoms with Crippen molar-refractivity contribution in [1.82, 2.24) is 4.90 Å². The maximum Gasteiger partial charge on any atom is 0.293 e. The highest BCUT2D eigenvalue weighted by atomic mass is 32.2. The first-order valence-electron chi connectivity index (χ1n) is 12.1. The summed E-state index contributed by atoms with van der Waals surface area (Å²) in [5.74, 6) is 0.383. The Kier molecular flexibility index (Phi) is 6.21. The molecule has 37 heavy (non-hydrogen) atoms. The molecule has 0 unspecified atom stereocenters. The number of carbonyl (C=O) groups is 2. The number of amides is 2. The van der Waals surface area contributed by atoms with Crippen LogP contribution in [0.1, 0.15) is 16.7 Å². The third-order valence-corrected chi connectivity index (χ3v) is 7.43. The molecule has 5 heteroatoms. The van der Waals surface area contributed by atoms with Gasteiger partial charge in [-0.05, 0) is 56.6 Å². The Hall–Kier alpha value is -4.35. The minimum Gasteiger partial charge on any atom is -0.488 e. The topological polar surface area (TPSA) is 46.6 Å². The summed E-state index contributed by atoms with van der Waals surface area (Å²) in [6, 6.07) is 35.8.